The van der Waals surface area contributed by atoms with Crippen molar-refractivity contribution in [2.45, 2.75) is 27.2 Å². The predicted octanol–water partition coefficient (Wildman–Crippen LogP) is 2.93. The first-order chi connectivity index (χ1) is 6.93. The Kier molecular flexibility index (Phi) is 2.18. The van der Waals surface area contributed by atoms with E-state index in [1.807, 2.05) is 6.07 Å². The first-order valence-corrected chi connectivity index (χ1v) is 5.44. The van der Waals surface area contributed by atoms with E-state index >= 15 is 0 Å². The Morgan fingerprint density at radius 2 is 1.80 bits per heavy atom. The van der Waals surface area contributed by atoms with Crippen molar-refractivity contribution < 1.29 is 10.2 Å². The Bertz CT molecular complexity index is 382. The van der Waals surface area contributed by atoms with Crippen molar-refractivity contribution in [3.05, 3.63) is 23.8 Å². The Hall–Kier alpha value is -1.18. The summed E-state index contributed by atoms with van der Waals surface area (Å²) in [6, 6.07) is 5.11. The average Bonchev–Trinajstić information content (AvgIpc) is 2.62. The second kappa shape index (κ2) is 3.16. The molecule has 82 valence electrons. The Morgan fingerprint density at radius 1 is 1.20 bits per heavy atom. The molecule has 1 aromatic rings. The molecule has 2 rings (SSSR count). The molecule has 0 saturated heterocycles. The zero-order valence-corrected chi connectivity index (χ0v) is 9.49. The first-order valence-electron chi connectivity index (χ1n) is 5.44. The van der Waals surface area contributed by atoms with E-state index < -0.39 is 0 Å². The molecule has 1 aliphatic rings. The van der Waals surface area contributed by atoms with E-state index in [4.69, 9.17) is 0 Å². The monoisotopic (exact) mass is 206 g/mol. The first kappa shape index (κ1) is 10.3. The van der Waals surface area contributed by atoms with Gasteiger partial charge in [-0.05, 0) is 41.4 Å². The van der Waals surface area contributed by atoms with Gasteiger partial charge >= 0.3 is 0 Å². The lowest BCUT2D eigenvalue weighted by atomic mass is 10.0. The Labute approximate surface area is 90.6 Å². The molecule has 0 radical (unpaired) electrons. The molecule has 1 saturated carbocycles. The molecule has 0 aliphatic heterocycles. The van der Waals surface area contributed by atoms with Gasteiger partial charge in [-0.25, -0.2) is 0 Å². The van der Waals surface area contributed by atoms with Crippen LogP contribution >= 0.6 is 0 Å². The molecule has 0 heterocycles. The van der Waals surface area contributed by atoms with Gasteiger partial charge in [0.25, 0.3) is 0 Å². The summed E-state index contributed by atoms with van der Waals surface area (Å²) in [7, 11) is 0. The minimum absolute atomic E-state index is 0.0152. The van der Waals surface area contributed by atoms with Crippen molar-refractivity contribution in [1.82, 2.24) is 0 Å². The van der Waals surface area contributed by atoms with Crippen LogP contribution in [0.1, 0.15) is 26.3 Å². The van der Waals surface area contributed by atoms with Crippen LogP contribution in [0.25, 0.3) is 0 Å². The molecule has 2 nitrogen and oxygen atoms in total. The summed E-state index contributed by atoms with van der Waals surface area (Å²) in [6.45, 7) is 6.83. The number of phenols is 2. The van der Waals surface area contributed by atoms with Crippen molar-refractivity contribution >= 4 is 0 Å². The molecule has 2 heteroatoms. The molecule has 1 aromatic carbocycles. The van der Waals surface area contributed by atoms with E-state index in [9.17, 15) is 10.2 Å². The highest BCUT2D eigenvalue weighted by Crippen LogP contribution is 2.59. The standard InChI is InChI=1S/C13H18O2/c1-8-10(13(8,2)3)6-9-4-5-11(14)12(15)7-9/h4-5,7-8,10,14-15H,6H2,1-3H3. The van der Waals surface area contributed by atoms with Crippen LogP contribution < -0.4 is 0 Å². The number of benzene rings is 1. The van der Waals surface area contributed by atoms with Gasteiger partial charge in [-0.1, -0.05) is 26.8 Å². The largest absolute Gasteiger partial charge is 0.504 e. The van der Waals surface area contributed by atoms with E-state index in [0.717, 1.165) is 17.9 Å². The van der Waals surface area contributed by atoms with Gasteiger partial charge in [0.1, 0.15) is 0 Å². The van der Waals surface area contributed by atoms with Gasteiger partial charge in [-0.15, -0.1) is 0 Å². The third kappa shape index (κ3) is 1.69. The van der Waals surface area contributed by atoms with Crippen LogP contribution in [0.4, 0.5) is 0 Å². The minimum Gasteiger partial charge on any atom is -0.504 e. The quantitative estimate of drug-likeness (QED) is 0.730. The van der Waals surface area contributed by atoms with Gasteiger partial charge in [0.05, 0.1) is 0 Å². The van der Waals surface area contributed by atoms with Crippen LogP contribution in [0.2, 0.25) is 0 Å². The lowest BCUT2D eigenvalue weighted by Crippen LogP contribution is -1.94. The smallest absolute Gasteiger partial charge is 0.157 e. The molecule has 1 fully saturated rings. The summed E-state index contributed by atoms with van der Waals surface area (Å²) in [5.74, 6) is 1.38. The second-order valence-corrected chi connectivity index (χ2v) is 5.24. The third-order valence-corrected chi connectivity index (χ3v) is 4.12. The molecule has 0 bridgehead atoms. The molecule has 1 aliphatic carbocycles. The summed E-state index contributed by atoms with van der Waals surface area (Å²) < 4.78 is 0. The maximum Gasteiger partial charge on any atom is 0.157 e. The van der Waals surface area contributed by atoms with Crippen LogP contribution in [0.3, 0.4) is 0 Å². The second-order valence-electron chi connectivity index (χ2n) is 5.24. The number of hydrogen-bond donors (Lipinski definition) is 2. The van der Waals surface area contributed by atoms with Crippen LogP contribution in [0, 0.1) is 17.3 Å². The summed E-state index contributed by atoms with van der Waals surface area (Å²) in [4.78, 5) is 0. The van der Waals surface area contributed by atoms with Crippen molar-refractivity contribution in [2.75, 3.05) is 0 Å². The van der Waals surface area contributed by atoms with Gasteiger partial charge < -0.3 is 10.2 Å². The highest BCUT2D eigenvalue weighted by atomic mass is 16.3. The minimum atomic E-state index is -0.0399. The predicted molar refractivity (Wildman–Crippen MR) is 59.9 cm³/mol. The number of rotatable bonds is 2. The maximum atomic E-state index is 9.38. The molecule has 2 unspecified atom stereocenters. The van der Waals surface area contributed by atoms with Crippen molar-refractivity contribution in [1.29, 1.82) is 0 Å². The van der Waals surface area contributed by atoms with Gasteiger partial charge in [0, 0.05) is 0 Å². The Balaban J connectivity index is 2.10. The van der Waals surface area contributed by atoms with Crippen LogP contribution in [-0.2, 0) is 6.42 Å². The highest BCUT2D eigenvalue weighted by molar-refractivity contribution is 5.41. The van der Waals surface area contributed by atoms with Crippen molar-refractivity contribution in [2.24, 2.45) is 17.3 Å². The molecule has 2 atom stereocenters. The molecule has 0 amide bonds. The fourth-order valence-electron chi connectivity index (χ4n) is 2.41. The van der Waals surface area contributed by atoms with E-state index in [2.05, 4.69) is 20.8 Å². The third-order valence-electron chi connectivity index (χ3n) is 4.12. The molecule has 0 spiro atoms. The van der Waals surface area contributed by atoms with Gasteiger partial charge in [0.2, 0.25) is 0 Å². The molecule has 2 N–H and O–H groups in total. The molecular weight excluding hydrogens is 188 g/mol. The van der Waals surface area contributed by atoms with E-state index in [1.165, 1.54) is 0 Å². The van der Waals surface area contributed by atoms with Gasteiger partial charge in [-0.3, -0.25) is 0 Å². The Morgan fingerprint density at radius 3 is 2.27 bits per heavy atom. The van der Waals surface area contributed by atoms with Gasteiger partial charge in [0.15, 0.2) is 11.5 Å². The number of phenolic OH excluding ortho intramolecular Hbond substituents is 2. The SMILES string of the molecule is CC1C(Cc2ccc(O)c(O)c2)C1(C)C. The highest BCUT2D eigenvalue weighted by Gasteiger charge is 2.53. The fraction of sp³-hybridized carbons (Fsp3) is 0.538. The maximum absolute atomic E-state index is 9.38. The molecule has 15 heavy (non-hydrogen) atoms. The van der Waals surface area contributed by atoms with Gasteiger partial charge in [-0.2, -0.15) is 0 Å². The lowest BCUT2D eigenvalue weighted by molar-refractivity contribution is 0.403. The van der Waals surface area contributed by atoms with Crippen LogP contribution in [0.15, 0.2) is 18.2 Å². The summed E-state index contributed by atoms with van der Waals surface area (Å²) >= 11 is 0. The number of aromatic hydroxyl groups is 2. The summed E-state index contributed by atoms with van der Waals surface area (Å²) in [6.07, 6.45) is 0.988. The zero-order valence-electron chi connectivity index (χ0n) is 9.49. The van der Waals surface area contributed by atoms with E-state index in [1.54, 1.807) is 12.1 Å². The summed E-state index contributed by atoms with van der Waals surface area (Å²) in [5.41, 5.74) is 1.53. The lowest BCUT2D eigenvalue weighted by Gasteiger charge is -2.05. The number of hydrogen-bond acceptors (Lipinski definition) is 2. The fourth-order valence-corrected chi connectivity index (χ4v) is 2.41. The zero-order chi connectivity index (χ0) is 11.2. The van der Waals surface area contributed by atoms with E-state index in [-0.39, 0.29) is 11.5 Å². The normalized spacial score (nSPS) is 27.7. The average molecular weight is 206 g/mol. The van der Waals surface area contributed by atoms with Crippen LogP contribution in [0.5, 0.6) is 11.5 Å². The van der Waals surface area contributed by atoms with Crippen LogP contribution in [-0.4, -0.2) is 10.2 Å². The molecular formula is C13H18O2. The molecule has 0 aromatic heterocycles. The topological polar surface area (TPSA) is 40.5 Å². The van der Waals surface area contributed by atoms with Crippen molar-refractivity contribution in [3.8, 4) is 11.5 Å². The summed E-state index contributed by atoms with van der Waals surface area (Å²) in [5, 5.41) is 18.6. The van der Waals surface area contributed by atoms with E-state index in [0.29, 0.717) is 11.3 Å². The van der Waals surface area contributed by atoms with Crippen molar-refractivity contribution in [3.63, 3.8) is 0 Å².